The Balaban J connectivity index is 1.79. The van der Waals surface area contributed by atoms with Crippen molar-refractivity contribution in [1.29, 1.82) is 0 Å². The highest BCUT2D eigenvalue weighted by molar-refractivity contribution is 7.89. The number of carbonyl (C=O) groups excluding carboxylic acids is 1. The van der Waals surface area contributed by atoms with Crippen LogP contribution in [-0.2, 0) is 19.6 Å². The van der Waals surface area contributed by atoms with Gasteiger partial charge in [-0.3, -0.25) is 4.79 Å². The van der Waals surface area contributed by atoms with E-state index in [0.29, 0.717) is 0 Å². The minimum Gasteiger partial charge on any atom is -0.466 e. The van der Waals surface area contributed by atoms with E-state index >= 15 is 0 Å². The number of hydrogen-bond acceptors (Lipinski definition) is 5. The van der Waals surface area contributed by atoms with Gasteiger partial charge in [-0.25, -0.2) is 17.8 Å². The number of aromatic nitrogens is 2. The smallest absolute Gasteiger partial charge is 0.307 e. The molecule has 0 aliphatic heterocycles. The highest BCUT2D eigenvalue weighted by atomic mass is 32.2. The van der Waals surface area contributed by atoms with Crippen LogP contribution in [0.1, 0.15) is 24.6 Å². The largest absolute Gasteiger partial charge is 0.466 e. The summed E-state index contributed by atoms with van der Waals surface area (Å²) < 4.78 is 33.9. The number of aryl methyl sites for hydroxylation is 2. The molecule has 2 aromatic carbocycles. The molecule has 7 nitrogen and oxygen atoms in total. The van der Waals surface area contributed by atoms with Crippen LogP contribution in [-0.4, -0.2) is 37.3 Å². The lowest BCUT2D eigenvalue weighted by molar-refractivity contribution is -0.142. The van der Waals surface area contributed by atoms with Crippen molar-refractivity contribution >= 4 is 16.0 Å². The van der Waals surface area contributed by atoms with Crippen LogP contribution < -0.4 is 4.72 Å². The first-order chi connectivity index (χ1) is 14.3. The molecule has 0 saturated heterocycles. The lowest BCUT2D eigenvalue weighted by atomic mass is 10.1. The highest BCUT2D eigenvalue weighted by Gasteiger charge is 2.16. The first kappa shape index (κ1) is 21.7. The Morgan fingerprint density at radius 3 is 2.37 bits per heavy atom. The first-order valence-corrected chi connectivity index (χ1v) is 11.2. The monoisotopic (exact) mass is 427 g/mol. The molecule has 3 rings (SSSR count). The third-order valence-corrected chi connectivity index (χ3v) is 5.97. The number of ether oxygens (including phenoxy) is 1. The molecule has 0 spiro atoms. The second-order valence-corrected chi connectivity index (χ2v) is 8.66. The number of esters is 1. The zero-order valence-corrected chi connectivity index (χ0v) is 18.1. The van der Waals surface area contributed by atoms with Gasteiger partial charge in [-0.05, 0) is 51.1 Å². The lowest BCUT2D eigenvalue weighted by Gasteiger charge is -2.10. The fourth-order valence-corrected chi connectivity index (χ4v) is 4.03. The van der Waals surface area contributed by atoms with E-state index in [2.05, 4.69) is 9.82 Å². The lowest BCUT2D eigenvalue weighted by Crippen LogP contribution is -2.26. The average molecular weight is 428 g/mol. The molecule has 0 aliphatic carbocycles. The van der Waals surface area contributed by atoms with E-state index in [9.17, 15) is 13.2 Å². The number of hydrogen-bond donors (Lipinski definition) is 1. The molecule has 30 heavy (non-hydrogen) atoms. The summed E-state index contributed by atoms with van der Waals surface area (Å²) in [6, 6.07) is 16.6. The van der Waals surface area contributed by atoms with Gasteiger partial charge in [0, 0.05) is 12.1 Å². The van der Waals surface area contributed by atoms with Crippen molar-refractivity contribution in [2.45, 2.75) is 32.1 Å². The van der Waals surface area contributed by atoms with Crippen molar-refractivity contribution in [3.63, 3.8) is 0 Å². The number of rotatable bonds is 8. The molecule has 0 amide bonds. The highest BCUT2D eigenvalue weighted by Crippen LogP contribution is 2.25. The molecule has 8 heteroatoms. The summed E-state index contributed by atoms with van der Waals surface area (Å²) in [6.45, 7) is 5.91. The van der Waals surface area contributed by atoms with Crippen molar-refractivity contribution in [2.75, 3.05) is 13.2 Å². The molecular formula is C22H25N3O4S. The van der Waals surface area contributed by atoms with E-state index in [4.69, 9.17) is 4.74 Å². The van der Waals surface area contributed by atoms with Gasteiger partial charge in [0.05, 0.1) is 35.0 Å². The Morgan fingerprint density at radius 2 is 1.73 bits per heavy atom. The maximum atomic E-state index is 12.5. The van der Waals surface area contributed by atoms with Gasteiger partial charge in [0.2, 0.25) is 10.0 Å². The zero-order chi connectivity index (χ0) is 21.7. The first-order valence-electron chi connectivity index (χ1n) is 9.69. The van der Waals surface area contributed by atoms with Crippen LogP contribution in [0.25, 0.3) is 16.9 Å². The van der Waals surface area contributed by atoms with Crippen LogP contribution in [0.15, 0.2) is 59.5 Å². The third kappa shape index (κ3) is 5.14. The number of carbonyl (C=O) groups is 1. The molecule has 0 unspecified atom stereocenters. The molecule has 158 valence electrons. The van der Waals surface area contributed by atoms with E-state index < -0.39 is 16.0 Å². The number of benzene rings is 2. The quantitative estimate of drug-likeness (QED) is 0.557. The summed E-state index contributed by atoms with van der Waals surface area (Å²) in [5.41, 5.74) is 4.74. The van der Waals surface area contributed by atoms with Crippen LogP contribution in [0.5, 0.6) is 0 Å². The molecule has 1 heterocycles. The van der Waals surface area contributed by atoms with Crippen molar-refractivity contribution in [2.24, 2.45) is 0 Å². The SMILES string of the molecule is CCOC(=O)CCNS(=O)(=O)c1ccc(-n2nc(C)cc2-c2ccc(C)cc2)cc1. The van der Waals surface area contributed by atoms with E-state index in [1.54, 1.807) is 23.7 Å². The molecule has 1 N–H and O–H groups in total. The number of nitrogens with one attached hydrogen (secondary N) is 1. The van der Waals surface area contributed by atoms with Crippen molar-refractivity contribution in [3.05, 3.63) is 65.9 Å². The van der Waals surface area contributed by atoms with E-state index in [1.807, 2.05) is 44.2 Å². The van der Waals surface area contributed by atoms with Gasteiger partial charge in [0.15, 0.2) is 0 Å². The van der Waals surface area contributed by atoms with Gasteiger partial charge in [0.25, 0.3) is 0 Å². The van der Waals surface area contributed by atoms with Crippen LogP contribution in [0.4, 0.5) is 0 Å². The fourth-order valence-electron chi connectivity index (χ4n) is 3.00. The summed E-state index contributed by atoms with van der Waals surface area (Å²) in [6.07, 6.45) is -0.0162. The Bertz CT molecular complexity index is 1120. The second-order valence-electron chi connectivity index (χ2n) is 6.90. The van der Waals surface area contributed by atoms with Gasteiger partial charge in [-0.1, -0.05) is 29.8 Å². The van der Waals surface area contributed by atoms with Crippen LogP contribution in [0.3, 0.4) is 0 Å². The third-order valence-electron chi connectivity index (χ3n) is 4.50. The van der Waals surface area contributed by atoms with E-state index in [-0.39, 0.29) is 24.5 Å². The standard InChI is InChI=1S/C22H25N3O4S/c1-4-29-22(26)13-14-23-30(27,28)20-11-9-19(10-12-20)25-21(15-17(3)24-25)18-7-5-16(2)6-8-18/h5-12,15,23H,4,13-14H2,1-3H3. The van der Waals surface area contributed by atoms with Crippen molar-refractivity contribution < 1.29 is 17.9 Å². The van der Waals surface area contributed by atoms with Crippen LogP contribution in [0, 0.1) is 13.8 Å². The topological polar surface area (TPSA) is 90.3 Å². The predicted molar refractivity (Wildman–Crippen MR) is 115 cm³/mol. The van der Waals surface area contributed by atoms with Gasteiger partial charge in [0.1, 0.15) is 0 Å². The van der Waals surface area contributed by atoms with Crippen molar-refractivity contribution in [3.8, 4) is 16.9 Å². The summed E-state index contributed by atoms with van der Waals surface area (Å²) in [7, 11) is -3.72. The number of nitrogens with zero attached hydrogens (tertiary/aromatic N) is 2. The summed E-state index contributed by atoms with van der Waals surface area (Å²) in [4.78, 5) is 11.5. The molecule has 0 fully saturated rings. The van der Waals surface area contributed by atoms with E-state index in [0.717, 1.165) is 22.6 Å². The van der Waals surface area contributed by atoms with E-state index in [1.165, 1.54) is 17.7 Å². The average Bonchev–Trinajstić information content (AvgIpc) is 3.10. The minimum atomic E-state index is -3.72. The molecule has 3 aromatic rings. The molecule has 0 saturated carbocycles. The summed E-state index contributed by atoms with van der Waals surface area (Å²) in [5.74, 6) is -0.437. The van der Waals surface area contributed by atoms with Crippen LogP contribution >= 0.6 is 0 Å². The minimum absolute atomic E-state index is 0.0150. The molecule has 1 aromatic heterocycles. The molecule has 0 atom stereocenters. The molecule has 0 aliphatic rings. The second kappa shape index (κ2) is 9.23. The van der Waals surface area contributed by atoms with Gasteiger partial charge in [-0.15, -0.1) is 0 Å². The zero-order valence-electron chi connectivity index (χ0n) is 17.3. The van der Waals surface area contributed by atoms with Gasteiger partial charge < -0.3 is 4.74 Å². The maximum absolute atomic E-state index is 12.5. The summed E-state index contributed by atoms with van der Waals surface area (Å²) >= 11 is 0. The molecule has 0 radical (unpaired) electrons. The van der Waals surface area contributed by atoms with Gasteiger partial charge >= 0.3 is 5.97 Å². The van der Waals surface area contributed by atoms with Crippen LogP contribution in [0.2, 0.25) is 0 Å². The summed E-state index contributed by atoms with van der Waals surface area (Å²) in [5, 5.41) is 4.56. The normalized spacial score (nSPS) is 11.4. The molecule has 0 bridgehead atoms. The molecular weight excluding hydrogens is 402 g/mol. The Labute approximate surface area is 176 Å². The van der Waals surface area contributed by atoms with Gasteiger partial charge in [-0.2, -0.15) is 5.10 Å². The van der Waals surface area contributed by atoms with Crippen molar-refractivity contribution in [1.82, 2.24) is 14.5 Å². The Morgan fingerprint density at radius 1 is 1.07 bits per heavy atom. The predicted octanol–water partition coefficient (Wildman–Crippen LogP) is 3.39. The number of sulfonamides is 1. The fraction of sp³-hybridized carbons (Fsp3) is 0.273. The Kier molecular flexibility index (Phi) is 6.69. The maximum Gasteiger partial charge on any atom is 0.307 e. The Hall–Kier alpha value is -2.97.